The van der Waals surface area contributed by atoms with Crippen LogP contribution in [0.4, 0.5) is 0 Å². The fourth-order valence-corrected chi connectivity index (χ4v) is 3.11. The lowest BCUT2D eigenvalue weighted by Crippen LogP contribution is -2.00. The zero-order chi connectivity index (χ0) is 21.4. The van der Waals surface area contributed by atoms with Crippen molar-refractivity contribution in [3.05, 3.63) is 36.5 Å². The van der Waals surface area contributed by atoms with Crippen LogP contribution in [0.5, 0.6) is 0 Å². The SMILES string of the molecule is CCCCCC/C=C\CCCCCCCCCC/C=C/C(=O)/C=C/C(=O)OCC. The molecule has 0 atom stereocenters. The van der Waals surface area contributed by atoms with Crippen LogP contribution in [0.2, 0.25) is 0 Å². The summed E-state index contributed by atoms with van der Waals surface area (Å²) in [6.45, 7) is 4.32. The molecule has 0 aromatic heterocycles. The molecule has 3 heteroatoms. The van der Waals surface area contributed by atoms with Crippen LogP contribution in [-0.2, 0) is 14.3 Å². The lowest BCUT2D eigenvalue weighted by molar-refractivity contribution is -0.137. The number of carbonyl (C=O) groups is 2. The molecule has 0 aliphatic rings. The van der Waals surface area contributed by atoms with Crippen molar-refractivity contribution in [3.63, 3.8) is 0 Å². The van der Waals surface area contributed by atoms with Crippen LogP contribution >= 0.6 is 0 Å². The highest BCUT2D eigenvalue weighted by Gasteiger charge is 1.96. The maximum atomic E-state index is 11.5. The van der Waals surface area contributed by atoms with Crippen LogP contribution in [0.1, 0.15) is 110 Å². The van der Waals surface area contributed by atoms with E-state index in [1.807, 2.05) is 6.08 Å². The van der Waals surface area contributed by atoms with E-state index in [-0.39, 0.29) is 5.78 Å². The lowest BCUT2D eigenvalue weighted by atomic mass is 10.1. The number of allylic oxidation sites excluding steroid dienone is 5. The summed E-state index contributed by atoms with van der Waals surface area (Å²) < 4.78 is 4.73. The van der Waals surface area contributed by atoms with Gasteiger partial charge in [0.2, 0.25) is 0 Å². The Kier molecular flexibility index (Phi) is 21.4. The van der Waals surface area contributed by atoms with Crippen LogP contribution in [0.25, 0.3) is 0 Å². The molecule has 0 spiro atoms. The molecule has 0 bridgehead atoms. The molecule has 0 saturated carbocycles. The highest BCUT2D eigenvalue weighted by atomic mass is 16.5. The molecular formula is C26H44O3. The molecule has 166 valence electrons. The quantitative estimate of drug-likeness (QED) is 0.0905. The Balaban J connectivity index is 3.36. The van der Waals surface area contributed by atoms with Gasteiger partial charge in [0, 0.05) is 6.08 Å². The van der Waals surface area contributed by atoms with E-state index in [4.69, 9.17) is 4.74 Å². The van der Waals surface area contributed by atoms with Crippen molar-refractivity contribution in [1.82, 2.24) is 0 Å². The van der Waals surface area contributed by atoms with Gasteiger partial charge in [-0.3, -0.25) is 4.79 Å². The second kappa shape index (κ2) is 22.6. The largest absolute Gasteiger partial charge is 0.463 e. The number of ether oxygens (including phenoxy) is 1. The van der Waals surface area contributed by atoms with E-state index in [1.54, 1.807) is 6.92 Å². The van der Waals surface area contributed by atoms with Gasteiger partial charge in [0.25, 0.3) is 0 Å². The second-order valence-electron chi connectivity index (χ2n) is 7.62. The zero-order valence-corrected chi connectivity index (χ0v) is 19.0. The van der Waals surface area contributed by atoms with E-state index in [2.05, 4.69) is 19.1 Å². The van der Waals surface area contributed by atoms with Crippen LogP contribution in [0, 0.1) is 0 Å². The number of hydrogen-bond acceptors (Lipinski definition) is 3. The predicted molar refractivity (Wildman–Crippen MR) is 124 cm³/mol. The van der Waals surface area contributed by atoms with Crippen molar-refractivity contribution in [2.75, 3.05) is 6.61 Å². The third kappa shape index (κ3) is 22.5. The van der Waals surface area contributed by atoms with Gasteiger partial charge in [-0.2, -0.15) is 0 Å². The molecule has 3 nitrogen and oxygen atoms in total. The van der Waals surface area contributed by atoms with Crippen LogP contribution < -0.4 is 0 Å². The van der Waals surface area contributed by atoms with Crippen molar-refractivity contribution in [2.45, 2.75) is 110 Å². The minimum absolute atomic E-state index is 0.163. The molecule has 0 radical (unpaired) electrons. The Labute approximate surface area is 179 Å². The molecule has 0 saturated heterocycles. The van der Waals surface area contributed by atoms with Crippen LogP contribution in [-0.4, -0.2) is 18.4 Å². The first-order chi connectivity index (χ1) is 14.2. The maximum Gasteiger partial charge on any atom is 0.330 e. The first-order valence-corrected chi connectivity index (χ1v) is 11.9. The smallest absolute Gasteiger partial charge is 0.330 e. The van der Waals surface area contributed by atoms with Gasteiger partial charge in [0.15, 0.2) is 5.78 Å². The van der Waals surface area contributed by atoms with E-state index in [1.165, 1.54) is 102 Å². The Morgan fingerprint density at radius 2 is 1.07 bits per heavy atom. The summed E-state index contributed by atoms with van der Waals surface area (Å²) >= 11 is 0. The number of unbranched alkanes of at least 4 members (excludes halogenated alkanes) is 13. The molecule has 0 fully saturated rings. The number of ketones is 1. The third-order valence-corrected chi connectivity index (χ3v) is 4.83. The lowest BCUT2D eigenvalue weighted by Gasteiger charge is -2.01. The topological polar surface area (TPSA) is 43.4 Å². The Morgan fingerprint density at radius 3 is 1.59 bits per heavy atom. The van der Waals surface area contributed by atoms with Gasteiger partial charge in [0.1, 0.15) is 0 Å². The summed E-state index contributed by atoms with van der Waals surface area (Å²) in [6, 6.07) is 0. The molecule has 0 amide bonds. The van der Waals surface area contributed by atoms with E-state index in [9.17, 15) is 9.59 Å². The number of carbonyl (C=O) groups excluding carboxylic acids is 2. The molecule has 0 rings (SSSR count). The minimum Gasteiger partial charge on any atom is -0.463 e. The molecule has 0 aliphatic carbocycles. The van der Waals surface area contributed by atoms with E-state index in [0.717, 1.165) is 12.8 Å². The highest BCUT2D eigenvalue weighted by Crippen LogP contribution is 2.11. The first kappa shape index (κ1) is 27.4. The molecule has 0 aliphatic heterocycles. The van der Waals surface area contributed by atoms with Crippen molar-refractivity contribution in [2.24, 2.45) is 0 Å². The first-order valence-electron chi connectivity index (χ1n) is 11.9. The Bertz CT molecular complexity index is 474. The standard InChI is InChI=1S/C26H44O3/c1-3-5-6-7-8-9-10-11-12-13-14-15-16-17-18-19-20-21-22-25(27)23-24-26(28)29-4-2/h9-10,21-24H,3-8,11-20H2,1-2H3/b10-9-,22-21+,24-23+. The normalized spacial score (nSPS) is 11.8. The van der Waals surface area contributed by atoms with Gasteiger partial charge in [0.05, 0.1) is 6.61 Å². The molecule has 29 heavy (non-hydrogen) atoms. The van der Waals surface area contributed by atoms with Crippen LogP contribution in [0.3, 0.4) is 0 Å². The average Bonchev–Trinajstić information content (AvgIpc) is 2.71. The highest BCUT2D eigenvalue weighted by molar-refractivity contribution is 6.02. The van der Waals surface area contributed by atoms with Gasteiger partial charge in [-0.25, -0.2) is 4.79 Å². The summed E-state index contributed by atoms with van der Waals surface area (Å²) in [6.07, 6.45) is 29.8. The number of rotatable bonds is 20. The summed E-state index contributed by atoms with van der Waals surface area (Å²) in [5.41, 5.74) is 0. The Morgan fingerprint density at radius 1 is 0.586 bits per heavy atom. The summed E-state index contributed by atoms with van der Waals surface area (Å²) in [5, 5.41) is 0. The van der Waals surface area contributed by atoms with Gasteiger partial charge < -0.3 is 4.74 Å². The molecule has 0 unspecified atom stereocenters. The number of esters is 1. The van der Waals surface area contributed by atoms with Gasteiger partial charge in [-0.15, -0.1) is 0 Å². The average molecular weight is 405 g/mol. The molecule has 0 heterocycles. The van der Waals surface area contributed by atoms with Gasteiger partial charge >= 0.3 is 5.97 Å². The van der Waals surface area contributed by atoms with E-state index < -0.39 is 5.97 Å². The fraction of sp³-hybridized carbons (Fsp3) is 0.692. The van der Waals surface area contributed by atoms with Gasteiger partial charge in [-0.05, 0) is 57.6 Å². The minimum atomic E-state index is -0.469. The Hall–Kier alpha value is -1.64. The van der Waals surface area contributed by atoms with E-state index in [0.29, 0.717) is 6.61 Å². The zero-order valence-electron chi connectivity index (χ0n) is 19.0. The third-order valence-electron chi connectivity index (χ3n) is 4.83. The summed E-state index contributed by atoms with van der Waals surface area (Å²) in [7, 11) is 0. The van der Waals surface area contributed by atoms with Gasteiger partial charge in [-0.1, -0.05) is 82.9 Å². The molecule has 0 aromatic rings. The molecule has 0 aromatic carbocycles. The summed E-state index contributed by atoms with van der Waals surface area (Å²) in [5.74, 6) is -0.632. The molecule has 0 N–H and O–H groups in total. The fourth-order valence-electron chi connectivity index (χ4n) is 3.11. The van der Waals surface area contributed by atoms with Crippen molar-refractivity contribution < 1.29 is 14.3 Å². The van der Waals surface area contributed by atoms with E-state index >= 15 is 0 Å². The van der Waals surface area contributed by atoms with Crippen molar-refractivity contribution in [3.8, 4) is 0 Å². The van der Waals surface area contributed by atoms with Crippen molar-refractivity contribution >= 4 is 11.8 Å². The predicted octanol–water partition coefficient (Wildman–Crippen LogP) is 7.66. The van der Waals surface area contributed by atoms with Crippen molar-refractivity contribution in [1.29, 1.82) is 0 Å². The molecular weight excluding hydrogens is 360 g/mol. The number of hydrogen-bond donors (Lipinski definition) is 0. The summed E-state index contributed by atoms with van der Waals surface area (Å²) in [4.78, 5) is 22.6. The maximum absolute atomic E-state index is 11.5. The van der Waals surface area contributed by atoms with Crippen LogP contribution in [0.15, 0.2) is 36.5 Å². The monoisotopic (exact) mass is 404 g/mol. The second-order valence-corrected chi connectivity index (χ2v) is 7.62.